The predicted octanol–water partition coefficient (Wildman–Crippen LogP) is 3.54. The molecule has 3 nitrogen and oxygen atoms in total. The normalized spacial score (nSPS) is 18.3. The fourth-order valence-electron chi connectivity index (χ4n) is 2.32. The molecule has 3 heteroatoms. The Balaban J connectivity index is 1.84. The number of H-pyrrole nitrogens is 1. The summed E-state index contributed by atoms with van der Waals surface area (Å²) in [6, 6.07) is 8.74. The van der Waals surface area contributed by atoms with Gasteiger partial charge in [0.1, 0.15) is 5.82 Å². The van der Waals surface area contributed by atoms with Crippen molar-refractivity contribution in [2.75, 3.05) is 0 Å². The summed E-state index contributed by atoms with van der Waals surface area (Å²) in [4.78, 5) is 7.78. The summed E-state index contributed by atoms with van der Waals surface area (Å²) in [5.74, 6) is 1.54. The van der Waals surface area contributed by atoms with Gasteiger partial charge in [0.25, 0.3) is 0 Å². The number of rotatable bonds is 4. The first kappa shape index (κ1) is 12.4. The molecule has 1 saturated carbocycles. The summed E-state index contributed by atoms with van der Waals surface area (Å²) in [6.07, 6.45) is 5.13. The van der Waals surface area contributed by atoms with E-state index >= 15 is 0 Å². The SMILES string of the molecule is CCC(C)c1ccc(-c2cnc(C3(N)CC3)[nH]2)cc1. The second-order valence-electron chi connectivity index (χ2n) is 5.73. The van der Waals surface area contributed by atoms with Gasteiger partial charge >= 0.3 is 0 Å². The molecule has 1 aromatic carbocycles. The highest BCUT2D eigenvalue weighted by molar-refractivity contribution is 5.59. The summed E-state index contributed by atoms with van der Waals surface area (Å²) in [6.45, 7) is 4.48. The second kappa shape index (κ2) is 4.49. The standard InChI is InChI=1S/C16H21N3/c1-3-11(2)12-4-6-13(7-5-12)14-10-18-15(19-14)16(17)8-9-16/h4-7,10-11H,3,8-9,17H2,1-2H3,(H,18,19). The van der Waals surface area contributed by atoms with Crippen LogP contribution in [0.5, 0.6) is 0 Å². The molecule has 3 rings (SSSR count). The number of hydrogen-bond acceptors (Lipinski definition) is 2. The highest BCUT2D eigenvalue weighted by atomic mass is 15.0. The van der Waals surface area contributed by atoms with Crippen LogP contribution in [0.1, 0.15) is 50.4 Å². The van der Waals surface area contributed by atoms with E-state index in [2.05, 4.69) is 48.1 Å². The molecule has 2 aromatic rings. The van der Waals surface area contributed by atoms with Gasteiger partial charge in [-0.15, -0.1) is 0 Å². The van der Waals surface area contributed by atoms with Crippen LogP contribution in [0.3, 0.4) is 0 Å². The molecular formula is C16H21N3. The van der Waals surface area contributed by atoms with Gasteiger partial charge in [-0.2, -0.15) is 0 Å². The van der Waals surface area contributed by atoms with Crippen LogP contribution in [-0.4, -0.2) is 9.97 Å². The van der Waals surface area contributed by atoms with Gasteiger partial charge in [0, 0.05) is 0 Å². The van der Waals surface area contributed by atoms with Gasteiger partial charge in [0.05, 0.1) is 17.4 Å². The van der Waals surface area contributed by atoms with Crippen molar-refractivity contribution in [1.29, 1.82) is 0 Å². The molecule has 1 atom stereocenters. The zero-order valence-corrected chi connectivity index (χ0v) is 11.6. The van der Waals surface area contributed by atoms with Gasteiger partial charge in [-0.1, -0.05) is 38.1 Å². The Morgan fingerprint density at radius 2 is 2.00 bits per heavy atom. The molecule has 1 unspecified atom stereocenters. The Bertz CT molecular complexity index is 564. The molecule has 0 radical (unpaired) electrons. The van der Waals surface area contributed by atoms with E-state index in [0.717, 1.165) is 24.4 Å². The molecule has 1 heterocycles. The smallest absolute Gasteiger partial charge is 0.126 e. The van der Waals surface area contributed by atoms with Gasteiger partial charge in [-0.25, -0.2) is 4.98 Å². The number of aromatic nitrogens is 2. The average molecular weight is 255 g/mol. The van der Waals surface area contributed by atoms with Crippen molar-refractivity contribution in [2.24, 2.45) is 5.73 Å². The largest absolute Gasteiger partial charge is 0.340 e. The molecule has 1 aliphatic carbocycles. The topological polar surface area (TPSA) is 54.7 Å². The highest BCUT2D eigenvalue weighted by Gasteiger charge is 2.42. The summed E-state index contributed by atoms with van der Waals surface area (Å²) in [5, 5.41) is 0. The Morgan fingerprint density at radius 3 is 2.58 bits per heavy atom. The lowest BCUT2D eigenvalue weighted by atomic mass is 9.97. The molecule has 1 fully saturated rings. The Kier molecular flexibility index (Phi) is 2.94. The van der Waals surface area contributed by atoms with Crippen molar-refractivity contribution in [3.8, 4) is 11.3 Å². The van der Waals surface area contributed by atoms with E-state index in [9.17, 15) is 0 Å². The highest BCUT2D eigenvalue weighted by Crippen LogP contribution is 2.41. The lowest BCUT2D eigenvalue weighted by molar-refractivity contribution is 0.685. The van der Waals surface area contributed by atoms with Crippen molar-refractivity contribution in [3.05, 3.63) is 41.9 Å². The van der Waals surface area contributed by atoms with E-state index < -0.39 is 0 Å². The number of hydrogen-bond donors (Lipinski definition) is 2. The summed E-state index contributed by atoms with van der Waals surface area (Å²) in [5.41, 5.74) is 9.59. The second-order valence-corrected chi connectivity index (χ2v) is 5.73. The van der Waals surface area contributed by atoms with Crippen LogP contribution in [0.2, 0.25) is 0 Å². The minimum absolute atomic E-state index is 0.186. The quantitative estimate of drug-likeness (QED) is 0.878. The van der Waals surface area contributed by atoms with Crippen LogP contribution >= 0.6 is 0 Å². The summed E-state index contributed by atoms with van der Waals surface area (Å²) >= 11 is 0. The molecule has 3 N–H and O–H groups in total. The molecule has 0 saturated heterocycles. The first-order valence-corrected chi connectivity index (χ1v) is 7.07. The van der Waals surface area contributed by atoms with Crippen LogP contribution in [0, 0.1) is 0 Å². The molecule has 0 amide bonds. The zero-order valence-electron chi connectivity index (χ0n) is 11.6. The maximum atomic E-state index is 6.15. The van der Waals surface area contributed by atoms with Gasteiger partial charge in [-0.3, -0.25) is 0 Å². The van der Waals surface area contributed by atoms with Crippen LogP contribution < -0.4 is 5.73 Å². The minimum atomic E-state index is -0.186. The van der Waals surface area contributed by atoms with Crippen LogP contribution in [0.25, 0.3) is 11.3 Å². The van der Waals surface area contributed by atoms with Crippen molar-refractivity contribution < 1.29 is 0 Å². The fraction of sp³-hybridized carbons (Fsp3) is 0.438. The molecule has 19 heavy (non-hydrogen) atoms. The number of aromatic amines is 1. The van der Waals surface area contributed by atoms with Crippen LogP contribution in [-0.2, 0) is 5.54 Å². The summed E-state index contributed by atoms with van der Waals surface area (Å²) < 4.78 is 0. The van der Waals surface area contributed by atoms with Gasteiger partial charge in [0.2, 0.25) is 0 Å². The van der Waals surface area contributed by atoms with Crippen LogP contribution in [0.4, 0.5) is 0 Å². The maximum Gasteiger partial charge on any atom is 0.126 e. The Morgan fingerprint density at radius 1 is 1.32 bits per heavy atom. The predicted molar refractivity (Wildman–Crippen MR) is 77.8 cm³/mol. The van der Waals surface area contributed by atoms with E-state index in [0.29, 0.717) is 5.92 Å². The molecular weight excluding hydrogens is 234 g/mol. The van der Waals surface area contributed by atoms with Gasteiger partial charge in [0.15, 0.2) is 0 Å². The Hall–Kier alpha value is -1.61. The van der Waals surface area contributed by atoms with E-state index in [1.165, 1.54) is 17.5 Å². The van der Waals surface area contributed by atoms with E-state index in [4.69, 9.17) is 5.73 Å². The Labute approximate surface area is 114 Å². The van der Waals surface area contributed by atoms with E-state index in [-0.39, 0.29) is 5.54 Å². The van der Waals surface area contributed by atoms with Gasteiger partial charge in [-0.05, 0) is 36.3 Å². The molecule has 100 valence electrons. The fourth-order valence-corrected chi connectivity index (χ4v) is 2.32. The molecule has 0 bridgehead atoms. The number of benzene rings is 1. The third-order valence-corrected chi connectivity index (χ3v) is 4.24. The zero-order chi connectivity index (χ0) is 13.5. The first-order valence-electron chi connectivity index (χ1n) is 7.07. The third-order valence-electron chi connectivity index (χ3n) is 4.24. The van der Waals surface area contributed by atoms with Gasteiger partial charge < -0.3 is 10.7 Å². The maximum absolute atomic E-state index is 6.15. The number of imidazole rings is 1. The summed E-state index contributed by atoms with van der Waals surface area (Å²) in [7, 11) is 0. The van der Waals surface area contributed by atoms with Crippen molar-refractivity contribution >= 4 is 0 Å². The van der Waals surface area contributed by atoms with Crippen LogP contribution in [0.15, 0.2) is 30.5 Å². The monoisotopic (exact) mass is 255 g/mol. The third kappa shape index (κ3) is 2.30. The first-order chi connectivity index (χ1) is 9.12. The number of nitrogens with zero attached hydrogens (tertiary/aromatic N) is 1. The number of nitrogens with two attached hydrogens (primary N) is 1. The molecule has 0 spiro atoms. The molecule has 1 aliphatic rings. The molecule has 0 aliphatic heterocycles. The lowest BCUT2D eigenvalue weighted by Crippen LogP contribution is -2.20. The van der Waals surface area contributed by atoms with Crippen molar-refractivity contribution in [3.63, 3.8) is 0 Å². The lowest BCUT2D eigenvalue weighted by Gasteiger charge is -2.09. The van der Waals surface area contributed by atoms with Crippen molar-refractivity contribution in [1.82, 2.24) is 9.97 Å². The molecule has 1 aromatic heterocycles. The number of nitrogens with one attached hydrogen (secondary N) is 1. The van der Waals surface area contributed by atoms with Crippen molar-refractivity contribution in [2.45, 2.75) is 44.6 Å². The van der Waals surface area contributed by atoms with E-state index in [1.54, 1.807) is 0 Å². The average Bonchev–Trinajstić information content (AvgIpc) is 3.01. The minimum Gasteiger partial charge on any atom is -0.340 e. The van der Waals surface area contributed by atoms with E-state index in [1.807, 2.05) is 6.20 Å².